The van der Waals surface area contributed by atoms with E-state index in [1.165, 1.54) is 7.11 Å². The summed E-state index contributed by atoms with van der Waals surface area (Å²) in [7, 11) is 4.55. The van der Waals surface area contributed by atoms with Crippen LogP contribution in [-0.2, 0) is 36.9 Å². The molecule has 3 aromatic carbocycles. The second-order valence-corrected chi connectivity index (χ2v) is 8.96. The molecule has 4 rings (SSSR count). The Bertz CT molecular complexity index is 1110. The molecule has 8 heteroatoms. The topological polar surface area (TPSA) is 75.7 Å². The number of hydrogen-bond donors (Lipinski definition) is 0. The second kappa shape index (κ2) is 13.9. The Kier molecular flexibility index (Phi) is 10.1. The summed E-state index contributed by atoms with van der Waals surface area (Å²) < 4.78 is 34.7. The van der Waals surface area contributed by atoms with Gasteiger partial charge in [-0.25, -0.2) is 4.79 Å². The zero-order valence-electron chi connectivity index (χ0n) is 22.0. The van der Waals surface area contributed by atoms with Crippen molar-refractivity contribution in [3.05, 3.63) is 102 Å². The van der Waals surface area contributed by atoms with Crippen LogP contribution in [0.3, 0.4) is 0 Å². The van der Waals surface area contributed by atoms with E-state index in [9.17, 15) is 4.79 Å². The molecule has 8 nitrogen and oxygen atoms in total. The third kappa shape index (κ3) is 6.71. The van der Waals surface area contributed by atoms with Crippen LogP contribution in [-0.4, -0.2) is 64.0 Å². The molecular weight excluding hydrogens is 486 g/mol. The third-order valence-corrected chi connectivity index (χ3v) is 6.58. The Labute approximate surface area is 224 Å². The van der Waals surface area contributed by atoms with Crippen molar-refractivity contribution in [2.24, 2.45) is 0 Å². The molecule has 1 amide bonds. The molecule has 0 bridgehead atoms. The van der Waals surface area contributed by atoms with E-state index in [0.717, 1.165) is 16.7 Å². The number of likely N-dealkylation sites (tertiary alicyclic amines) is 1. The molecule has 0 aromatic heterocycles. The number of methoxy groups -OCH3 is 3. The Morgan fingerprint density at radius 2 is 1.39 bits per heavy atom. The number of rotatable bonds is 12. The van der Waals surface area contributed by atoms with E-state index in [4.69, 9.17) is 28.4 Å². The molecule has 0 radical (unpaired) electrons. The van der Waals surface area contributed by atoms with Crippen LogP contribution < -0.4 is 4.74 Å². The molecule has 1 aliphatic rings. The minimum absolute atomic E-state index is 0.0368. The lowest BCUT2D eigenvalue weighted by Gasteiger charge is -2.30. The van der Waals surface area contributed by atoms with Gasteiger partial charge in [0, 0.05) is 7.11 Å². The number of amides is 1. The summed E-state index contributed by atoms with van der Waals surface area (Å²) in [5, 5.41) is 0. The summed E-state index contributed by atoms with van der Waals surface area (Å²) in [5.41, 5.74) is 2.91. The lowest BCUT2D eigenvalue weighted by atomic mass is 10.00. The SMILES string of the molecule is COCO[C@H]1[C@H](OCc2ccccc2)[C@@H](COCc2ccccc2)N(C(=O)OC)[C@@H]1c1ccc(OC)cc1. The highest BCUT2D eigenvalue weighted by atomic mass is 16.7. The van der Waals surface area contributed by atoms with Crippen LogP contribution in [0.5, 0.6) is 5.75 Å². The molecule has 0 saturated carbocycles. The molecule has 0 aliphatic carbocycles. The van der Waals surface area contributed by atoms with Crippen molar-refractivity contribution >= 4 is 6.09 Å². The molecule has 0 spiro atoms. The van der Waals surface area contributed by atoms with E-state index < -0.39 is 30.4 Å². The van der Waals surface area contributed by atoms with Gasteiger partial charge in [0.15, 0.2) is 0 Å². The first kappa shape index (κ1) is 27.6. The van der Waals surface area contributed by atoms with E-state index >= 15 is 0 Å². The molecule has 1 aliphatic heterocycles. The van der Waals surface area contributed by atoms with Gasteiger partial charge in [0.2, 0.25) is 0 Å². The van der Waals surface area contributed by atoms with Gasteiger partial charge in [-0.1, -0.05) is 72.8 Å². The fraction of sp³-hybridized carbons (Fsp3) is 0.367. The Morgan fingerprint density at radius 1 is 0.763 bits per heavy atom. The Balaban J connectivity index is 1.68. The van der Waals surface area contributed by atoms with Crippen LogP contribution >= 0.6 is 0 Å². The average molecular weight is 522 g/mol. The van der Waals surface area contributed by atoms with Crippen molar-refractivity contribution in [1.82, 2.24) is 4.90 Å². The van der Waals surface area contributed by atoms with Crippen LogP contribution in [0.2, 0.25) is 0 Å². The first-order chi connectivity index (χ1) is 18.7. The van der Waals surface area contributed by atoms with E-state index in [1.54, 1.807) is 19.1 Å². The smallest absolute Gasteiger partial charge is 0.410 e. The molecular formula is C30H35NO7. The number of carbonyl (C=O) groups is 1. The van der Waals surface area contributed by atoms with E-state index in [-0.39, 0.29) is 13.4 Å². The maximum Gasteiger partial charge on any atom is 0.410 e. The number of benzene rings is 3. The van der Waals surface area contributed by atoms with Crippen molar-refractivity contribution in [3.8, 4) is 5.75 Å². The van der Waals surface area contributed by atoms with Gasteiger partial charge in [-0.3, -0.25) is 4.90 Å². The zero-order valence-corrected chi connectivity index (χ0v) is 22.0. The van der Waals surface area contributed by atoms with Crippen molar-refractivity contribution in [2.45, 2.75) is 37.5 Å². The van der Waals surface area contributed by atoms with Gasteiger partial charge < -0.3 is 28.4 Å². The molecule has 1 saturated heterocycles. The highest BCUT2D eigenvalue weighted by molar-refractivity contribution is 5.70. The van der Waals surface area contributed by atoms with Crippen molar-refractivity contribution < 1.29 is 33.2 Å². The van der Waals surface area contributed by atoms with Crippen LogP contribution in [0.4, 0.5) is 4.79 Å². The summed E-state index contributed by atoms with van der Waals surface area (Å²) in [4.78, 5) is 15.0. The number of nitrogens with zero attached hydrogens (tertiary/aromatic N) is 1. The normalized spacial score (nSPS) is 20.9. The van der Waals surface area contributed by atoms with Crippen molar-refractivity contribution in [2.75, 3.05) is 34.7 Å². The first-order valence-corrected chi connectivity index (χ1v) is 12.5. The zero-order chi connectivity index (χ0) is 26.7. The van der Waals surface area contributed by atoms with Crippen LogP contribution in [0.15, 0.2) is 84.9 Å². The van der Waals surface area contributed by atoms with E-state index in [2.05, 4.69) is 0 Å². The van der Waals surface area contributed by atoms with Crippen LogP contribution in [0.1, 0.15) is 22.7 Å². The summed E-state index contributed by atoms with van der Waals surface area (Å²) in [5.74, 6) is 0.713. The van der Waals surface area contributed by atoms with Gasteiger partial charge in [-0.2, -0.15) is 0 Å². The van der Waals surface area contributed by atoms with Crippen LogP contribution in [0, 0.1) is 0 Å². The first-order valence-electron chi connectivity index (χ1n) is 12.5. The Morgan fingerprint density at radius 3 is 1.97 bits per heavy atom. The van der Waals surface area contributed by atoms with E-state index in [1.807, 2.05) is 84.9 Å². The number of hydrogen-bond acceptors (Lipinski definition) is 7. The van der Waals surface area contributed by atoms with E-state index in [0.29, 0.717) is 19.0 Å². The predicted molar refractivity (Wildman–Crippen MR) is 142 cm³/mol. The standard InChI is InChI=1S/C30H35NO7/c1-33-21-38-29-27(24-14-16-25(34-2)17-15-24)31(30(32)35-3)26(20-36-18-22-10-6-4-7-11-22)28(29)37-19-23-12-8-5-9-13-23/h4-17,26-29H,18-21H2,1-3H3/t26-,27-,28-,29-/m1/s1. The quantitative estimate of drug-likeness (QED) is 0.311. The molecule has 4 atom stereocenters. The monoisotopic (exact) mass is 521 g/mol. The minimum atomic E-state index is -0.545. The van der Waals surface area contributed by atoms with Gasteiger partial charge in [0.25, 0.3) is 0 Å². The average Bonchev–Trinajstić information content (AvgIpc) is 3.28. The third-order valence-electron chi connectivity index (χ3n) is 6.58. The molecule has 1 fully saturated rings. The van der Waals surface area contributed by atoms with Gasteiger partial charge in [0.1, 0.15) is 24.8 Å². The fourth-order valence-electron chi connectivity index (χ4n) is 4.78. The summed E-state index contributed by atoms with van der Waals surface area (Å²) >= 11 is 0. The molecule has 202 valence electrons. The largest absolute Gasteiger partial charge is 0.497 e. The lowest BCUT2D eigenvalue weighted by Crippen LogP contribution is -2.44. The minimum Gasteiger partial charge on any atom is -0.497 e. The predicted octanol–water partition coefficient (Wildman–Crippen LogP) is 4.98. The molecule has 0 N–H and O–H groups in total. The summed E-state index contributed by atoms with van der Waals surface area (Å²) in [6, 6.07) is 26.4. The highest BCUT2D eigenvalue weighted by Crippen LogP contribution is 2.41. The summed E-state index contributed by atoms with van der Waals surface area (Å²) in [6.45, 7) is 1.00. The highest BCUT2D eigenvalue weighted by Gasteiger charge is 2.54. The van der Waals surface area contributed by atoms with Crippen LogP contribution in [0.25, 0.3) is 0 Å². The van der Waals surface area contributed by atoms with Gasteiger partial charge in [0.05, 0.1) is 46.1 Å². The summed E-state index contributed by atoms with van der Waals surface area (Å²) in [6.07, 6.45) is -1.56. The maximum atomic E-state index is 13.3. The number of carbonyl (C=O) groups excluding carboxylic acids is 1. The molecule has 38 heavy (non-hydrogen) atoms. The van der Waals surface area contributed by atoms with Crippen molar-refractivity contribution in [3.63, 3.8) is 0 Å². The number of ether oxygens (including phenoxy) is 6. The lowest BCUT2D eigenvalue weighted by molar-refractivity contribution is -0.130. The van der Waals surface area contributed by atoms with Gasteiger partial charge in [-0.15, -0.1) is 0 Å². The van der Waals surface area contributed by atoms with Gasteiger partial charge in [-0.05, 0) is 28.8 Å². The maximum absolute atomic E-state index is 13.3. The molecule has 0 unspecified atom stereocenters. The second-order valence-electron chi connectivity index (χ2n) is 8.96. The molecule has 3 aromatic rings. The van der Waals surface area contributed by atoms with Crippen molar-refractivity contribution in [1.29, 1.82) is 0 Å². The Hall–Kier alpha value is -3.43. The fourth-order valence-corrected chi connectivity index (χ4v) is 4.78. The molecule has 1 heterocycles. The van der Waals surface area contributed by atoms with Gasteiger partial charge >= 0.3 is 6.09 Å².